The molecular weight excluding hydrogens is 342 g/mol. The van der Waals surface area contributed by atoms with E-state index < -0.39 is 11.5 Å². The van der Waals surface area contributed by atoms with Gasteiger partial charge in [0.25, 0.3) is 0 Å². The Kier molecular flexibility index (Phi) is 6.58. The number of nitrogens with one attached hydrogen (secondary N) is 1. The number of hydrogen-bond acceptors (Lipinski definition) is 5. The van der Waals surface area contributed by atoms with Crippen molar-refractivity contribution in [3.63, 3.8) is 0 Å². The van der Waals surface area contributed by atoms with Crippen LogP contribution >= 0.6 is 11.8 Å². The van der Waals surface area contributed by atoms with Crippen LogP contribution < -0.4 is 14.8 Å². The van der Waals surface area contributed by atoms with Crippen LogP contribution in [0.5, 0.6) is 11.5 Å². The fourth-order valence-electron chi connectivity index (χ4n) is 2.93. The van der Waals surface area contributed by atoms with E-state index in [9.17, 15) is 14.7 Å². The number of carboxylic acid groups (broad SMARTS) is 1. The number of hydrogen-bond donors (Lipinski definition) is 2. The van der Waals surface area contributed by atoms with E-state index in [1.807, 2.05) is 12.1 Å². The van der Waals surface area contributed by atoms with Gasteiger partial charge in [-0.25, -0.2) is 4.79 Å². The highest BCUT2D eigenvalue weighted by atomic mass is 32.2. The zero-order valence-corrected chi connectivity index (χ0v) is 15.6. The second kappa shape index (κ2) is 8.47. The number of aliphatic carboxylic acids is 1. The topological polar surface area (TPSA) is 84.9 Å². The molecule has 1 fully saturated rings. The number of carbonyl (C=O) groups is 2. The maximum atomic E-state index is 12.6. The molecule has 0 radical (unpaired) electrons. The quantitative estimate of drug-likeness (QED) is 0.770. The van der Waals surface area contributed by atoms with Gasteiger partial charge in [-0.1, -0.05) is 13.0 Å². The van der Waals surface area contributed by atoms with E-state index in [1.165, 1.54) is 0 Å². The maximum absolute atomic E-state index is 12.6. The average Bonchev–Trinajstić information content (AvgIpc) is 2.62. The predicted molar refractivity (Wildman–Crippen MR) is 97.5 cm³/mol. The van der Waals surface area contributed by atoms with Gasteiger partial charge in [0.1, 0.15) is 5.54 Å². The first-order chi connectivity index (χ1) is 11.9. The Morgan fingerprint density at radius 2 is 1.88 bits per heavy atom. The van der Waals surface area contributed by atoms with Gasteiger partial charge in [0.2, 0.25) is 5.91 Å². The van der Waals surface area contributed by atoms with Crippen molar-refractivity contribution in [3.05, 3.63) is 23.8 Å². The fraction of sp³-hybridized carbons (Fsp3) is 0.556. The first kappa shape index (κ1) is 19.4. The van der Waals surface area contributed by atoms with Crippen molar-refractivity contribution >= 4 is 23.6 Å². The van der Waals surface area contributed by atoms with Crippen LogP contribution in [0.3, 0.4) is 0 Å². The van der Waals surface area contributed by atoms with Crippen molar-refractivity contribution in [1.82, 2.24) is 5.32 Å². The van der Waals surface area contributed by atoms with E-state index in [-0.39, 0.29) is 11.8 Å². The van der Waals surface area contributed by atoms with Crippen molar-refractivity contribution in [2.75, 3.05) is 25.7 Å². The number of thioether (sulfide) groups is 1. The number of carboxylic acids is 1. The SMILES string of the molecule is COc1ccc(CC(C)C(=O)NC2(C(=O)O)CCSCC2)cc1OC. The molecule has 1 aliphatic rings. The molecule has 0 aromatic heterocycles. The Balaban J connectivity index is 2.05. The summed E-state index contributed by atoms with van der Waals surface area (Å²) in [5.74, 6) is 1.21. The predicted octanol–water partition coefficient (Wildman–Crippen LogP) is 2.35. The molecule has 2 rings (SSSR count). The summed E-state index contributed by atoms with van der Waals surface area (Å²) in [4.78, 5) is 24.3. The van der Waals surface area contributed by atoms with Gasteiger partial charge in [-0.3, -0.25) is 4.79 Å². The van der Waals surface area contributed by atoms with E-state index in [2.05, 4.69) is 5.32 Å². The Morgan fingerprint density at radius 3 is 2.44 bits per heavy atom. The summed E-state index contributed by atoms with van der Waals surface area (Å²) in [6, 6.07) is 5.53. The smallest absolute Gasteiger partial charge is 0.329 e. The maximum Gasteiger partial charge on any atom is 0.329 e. The monoisotopic (exact) mass is 367 g/mol. The number of methoxy groups -OCH3 is 2. The van der Waals surface area contributed by atoms with Gasteiger partial charge in [-0.2, -0.15) is 11.8 Å². The lowest BCUT2D eigenvalue weighted by Crippen LogP contribution is -2.57. The van der Waals surface area contributed by atoms with Crippen LogP contribution in [0.15, 0.2) is 18.2 Å². The zero-order chi connectivity index (χ0) is 18.4. The molecule has 0 bridgehead atoms. The lowest BCUT2D eigenvalue weighted by Gasteiger charge is -2.34. The molecule has 0 aliphatic carbocycles. The van der Waals surface area contributed by atoms with Crippen molar-refractivity contribution in [3.8, 4) is 11.5 Å². The third-order valence-electron chi connectivity index (χ3n) is 4.56. The fourth-order valence-corrected chi connectivity index (χ4v) is 4.11. The summed E-state index contributed by atoms with van der Waals surface area (Å²) in [6.45, 7) is 1.80. The third-order valence-corrected chi connectivity index (χ3v) is 5.54. The molecule has 0 saturated carbocycles. The van der Waals surface area contributed by atoms with E-state index >= 15 is 0 Å². The molecule has 1 aliphatic heterocycles. The summed E-state index contributed by atoms with van der Waals surface area (Å²) < 4.78 is 10.5. The molecule has 1 atom stereocenters. The molecule has 1 unspecified atom stereocenters. The Morgan fingerprint density at radius 1 is 1.24 bits per heavy atom. The molecular formula is C18H25NO5S. The first-order valence-electron chi connectivity index (χ1n) is 8.26. The summed E-state index contributed by atoms with van der Waals surface area (Å²) in [5, 5.41) is 12.4. The van der Waals surface area contributed by atoms with Crippen LogP contribution in [0.25, 0.3) is 0 Å². The number of rotatable bonds is 7. The highest BCUT2D eigenvalue weighted by Crippen LogP contribution is 2.30. The van der Waals surface area contributed by atoms with Crippen LogP contribution in [-0.2, 0) is 16.0 Å². The number of amides is 1. The second-order valence-electron chi connectivity index (χ2n) is 6.28. The van der Waals surface area contributed by atoms with E-state index in [1.54, 1.807) is 39.0 Å². The first-order valence-corrected chi connectivity index (χ1v) is 9.41. The molecule has 6 nitrogen and oxygen atoms in total. The van der Waals surface area contributed by atoms with Crippen molar-refractivity contribution in [1.29, 1.82) is 0 Å². The summed E-state index contributed by atoms with van der Waals surface area (Å²) in [7, 11) is 3.14. The van der Waals surface area contributed by atoms with Crippen LogP contribution in [0.4, 0.5) is 0 Å². The molecule has 1 heterocycles. The molecule has 2 N–H and O–H groups in total. The van der Waals surface area contributed by atoms with Gasteiger partial charge in [0.15, 0.2) is 11.5 Å². The third kappa shape index (κ3) is 4.60. The molecule has 138 valence electrons. The molecule has 1 aromatic rings. The average molecular weight is 367 g/mol. The zero-order valence-electron chi connectivity index (χ0n) is 14.8. The van der Waals surface area contributed by atoms with Crippen LogP contribution in [0, 0.1) is 5.92 Å². The summed E-state index contributed by atoms with van der Waals surface area (Å²) in [6.07, 6.45) is 1.42. The van der Waals surface area contributed by atoms with Crippen molar-refractivity contribution in [2.45, 2.75) is 31.7 Å². The number of ether oxygens (including phenoxy) is 2. The molecule has 25 heavy (non-hydrogen) atoms. The summed E-state index contributed by atoms with van der Waals surface area (Å²) >= 11 is 1.72. The van der Waals surface area contributed by atoms with Crippen molar-refractivity contribution in [2.24, 2.45) is 5.92 Å². The van der Waals surface area contributed by atoms with Crippen LogP contribution in [0.1, 0.15) is 25.3 Å². The van der Waals surface area contributed by atoms with Gasteiger partial charge >= 0.3 is 5.97 Å². The van der Waals surface area contributed by atoms with E-state index in [0.29, 0.717) is 30.8 Å². The molecule has 1 amide bonds. The molecule has 1 aromatic carbocycles. The van der Waals surface area contributed by atoms with Crippen LogP contribution in [0.2, 0.25) is 0 Å². The molecule has 0 spiro atoms. The van der Waals surface area contributed by atoms with Gasteiger partial charge in [0, 0.05) is 5.92 Å². The standard InChI is InChI=1S/C18H25NO5S/c1-12(10-13-4-5-14(23-2)15(11-13)24-3)16(20)19-18(17(21)22)6-8-25-9-7-18/h4-5,11-12H,6-10H2,1-3H3,(H,19,20)(H,21,22). The van der Waals surface area contributed by atoms with Gasteiger partial charge in [-0.15, -0.1) is 0 Å². The van der Waals surface area contributed by atoms with Crippen molar-refractivity contribution < 1.29 is 24.2 Å². The molecule has 7 heteroatoms. The summed E-state index contributed by atoms with van der Waals surface area (Å²) in [5.41, 5.74) is -0.197. The van der Waals surface area contributed by atoms with E-state index in [0.717, 1.165) is 17.1 Å². The Bertz CT molecular complexity index is 628. The highest BCUT2D eigenvalue weighted by molar-refractivity contribution is 7.99. The normalized spacial score (nSPS) is 17.4. The van der Waals surface area contributed by atoms with Crippen LogP contribution in [-0.4, -0.2) is 48.2 Å². The number of benzene rings is 1. The van der Waals surface area contributed by atoms with E-state index in [4.69, 9.17) is 9.47 Å². The Hall–Kier alpha value is -1.89. The Labute approximate surface area is 152 Å². The largest absolute Gasteiger partial charge is 0.493 e. The van der Waals surface area contributed by atoms with Gasteiger partial charge < -0.3 is 19.9 Å². The molecule has 1 saturated heterocycles. The number of carbonyl (C=O) groups excluding carboxylic acids is 1. The minimum absolute atomic E-state index is 0.232. The minimum Gasteiger partial charge on any atom is -0.493 e. The van der Waals surface area contributed by atoms with Gasteiger partial charge in [-0.05, 0) is 48.5 Å². The lowest BCUT2D eigenvalue weighted by atomic mass is 9.90. The minimum atomic E-state index is -1.13. The lowest BCUT2D eigenvalue weighted by molar-refractivity contribution is -0.148. The highest BCUT2D eigenvalue weighted by Gasteiger charge is 2.41. The second-order valence-corrected chi connectivity index (χ2v) is 7.51. The van der Waals surface area contributed by atoms with Gasteiger partial charge in [0.05, 0.1) is 14.2 Å².